The first-order chi connectivity index (χ1) is 12.1. The first kappa shape index (κ1) is 18.2. The average Bonchev–Trinajstić information content (AvgIpc) is 2.90. The Morgan fingerprint density at radius 2 is 1.72 bits per heavy atom. The summed E-state index contributed by atoms with van der Waals surface area (Å²) in [4.78, 5) is 0.418. The van der Waals surface area contributed by atoms with E-state index < -0.39 is 10.0 Å². The first-order valence-corrected chi connectivity index (χ1v) is 10.7. The highest BCUT2D eigenvalue weighted by Gasteiger charge is 2.29. The fourth-order valence-electron chi connectivity index (χ4n) is 3.59. The van der Waals surface area contributed by atoms with Crippen molar-refractivity contribution in [3.05, 3.63) is 65.7 Å². The third-order valence-electron chi connectivity index (χ3n) is 5.00. The zero-order valence-corrected chi connectivity index (χ0v) is 15.7. The highest BCUT2D eigenvalue weighted by molar-refractivity contribution is 7.89. The van der Waals surface area contributed by atoms with Crippen molar-refractivity contribution >= 4 is 10.0 Å². The lowest BCUT2D eigenvalue weighted by Crippen LogP contribution is -2.34. The summed E-state index contributed by atoms with van der Waals surface area (Å²) >= 11 is 0. The van der Waals surface area contributed by atoms with Gasteiger partial charge in [-0.1, -0.05) is 62.2 Å². The van der Waals surface area contributed by atoms with Gasteiger partial charge in [-0.15, -0.1) is 0 Å². The first-order valence-electron chi connectivity index (χ1n) is 9.25. The zero-order valence-electron chi connectivity index (χ0n) is 14.9. The molecule has 0 radical (unpaired) electrons. The predicted molar refractivity (Wildman–Crippen MR) is 102 cm³/mol. The van der Waals surface area contributed by atoms with E-state index in [4.69, 9.17) is 0 Å². The molecule has 1 atom stereocenters. The number of aryl methyl sites for hydroxylation is 1. The van der Waals surface area contributed by atoms with E-state index in [1.165, 1.54) is 11.1 Å². The van der Waals surface area contributed by atoms with Gasteiger partial charge in [-0.2, -0.15) is 4.31 Å². The van der Waals surface area contributed by atoms with E-state index in [9.17, 15) is 8.42 Å². The fourth-order valence-corrected chi connectivity index (χ4v) is 5.11. The molecule has 0 aromatic heterocycles. The Hall–Kier alpha value is -1.65. The number of nitrogens with zero attached hydrogens (tertiary/aromatic N) is 1. The van der Waals surface area contributed by atoms with Gasteiger partial charge in [-0.05, 0) is 48.4 Å². The van der Waals surface area contributed by atoms with Crippen molar-refractivity contribution in [1.29, 1.82) is 0 Å². The molecule has 4 heteroatoms. The molecular formula is C21H27NO2S. The van der Waals surface area contributed by atoms with Gasteiger partial charge in [-0.25, -0.2) is 8.42 Å². The summed E-state index contributed by atoms with van der Waals surface area (Å²) in [5.74, 6) is 0.276. The van der Waals surface area contributed by atoms with Crippen LogP contribution in [0.4, 0.5) is 0 Å². The minimum Gasteiger partial charge on any atom is -0.207 e. The highest BCUT2D eigenvalue weighted by Crippen LogP contribution is 2.29. The monoisotopic (exact) mass is 357 g/mol. The van der Waals surface area contributed by atoms with Crippen LogP contribution in [0.3, 0.4) is 0 Å². The number of hydrogen-bond donors (Lipinski definition) is 0. The molecule has 0 bridgehead atoms. The second-order valence-corrected chi connectivity index (χ2v) is 8.80. The minimum atomic E-state index is -3.42. The Morgan fingerprint density at radius 3 is 2.40 bits per heavy atom. The van der Waals surface area contributed by atoms with Gasteiger partial charge in [-0.3, -0.25) is 0 Å². The van der Waals surface area contributed by atoms with E-state index in [0.717, 1.165) is 32.1 Å². The van der Waals surface area contributed by atoms with Crippen molar-refractivity contribution in [3.8, 4) is 0 Å². The van der Waals surface area contributed by atoms with E-state index in [0.29, 0.717) is 18.0 Å². The van der Waals surface area contributed by atoms with Crippen LogP contribution < -0.4 is 0 Å². The molecule has 0 aliphatic carbocycles. The van der Waals surface area contributed by atoms with Crippen LogP contribution in [0, 0.1) is 0 Å². The Kier molecular flexibility index (Phi) is 5.92. The molecule has 2 aromatic rings. The van der Waals surface area contributed by atoms with Gasteiger partial charge < -0.3 is 0 Å². The fraction of sp³-hybridized carbons (Fsp3) is 0.429. The second-order valence-electron chi connectivity index (χ2n) is 6.86. The molecule has 3 rings (SSSR count). The third-order valence-corrected chi connectivity index (χ3v) is 6.88. The minimum absolute atomic E-state index is 0.276. The lowest BCUT2D eigenvalue weighted by atomic mass is 9.95. The van der Waals surface area contributed by atoms with Gasteiger partial charge in [0.2, 0.25) is 10.0 Å². The maximum atomic E-state index is 13.1. The summed E-state index contributed by atoms with van der Waals surface area (Å²) < 4.78 is 27.9. The topological polar surface area (TPSA) is 37.4 Å². The molecule has 0 spiro atoms. The molecule has 134 valence electrons. The molecule has 3 nitrogen and oxygen atoms in total. The Morgan fingerprint density at radius 1 is 1.00 bits per heavy atom. The lowest BCUT2D eigenvalue weighted by molar-refractivity contribution is 0.406. The number of hydrogen-bond acceptors (Lipinski definition) is 2. The quantitative estimate of drug-likeness (QED) is 0.784. The van der Waals surface area contributed by atoms with Crippen LogP contribution in [0.25, 0.3) is 0 Å². The molecule has 1 heterocycles. The summed E-state index contributed by atoms with van der Waals surface area (Å²) in [5, 5.41) is 0. The number of sulfonamides is 1. The molecule has 0 N–H and O–H groups in total. The molecule has 1 aliphatic rings. The van der Waals surface area contributed by atoms with Crippen LogP contribution >= 0.6 is 0 Å². The molecule has 0 saturated carbocycles. The van der Waals surface area contributed by atoms with Crippen molar-refractivity contribution in [2.75, 3.05) is 13.1 Å². The van der Waals surface area contributed by atoms with Crippen LogP contribution in [0.2, 0.25) is 0 Å². The molecule has 1 saturated heterocycles. The van der Waals surface area contributed by atoms with Crippen molar-refractivity contribution in [2.24, 2.45) is 0 Å². The van der Waals surface area contributed by atoms with Gasteiger partial charge >= 0.3 is 0 Å². The highest BCUT2D eigenvalue weighted by atomic mass is 32.2. The van der Waals surface area contributed by atoms with E-state index in [-0.39, 0.29) is 5.92 Å². The molecule has 25 heavy (non-hydrogen) atoms. The number of benzene rings is 2. The smallest absolute Gasteiger partial charge is 0.207 e. The van der Waals surface area contributed by atoms with Crippen LogP contribution in [0.1, 0.15) is 49.7 Å². The third kappa shape index (κ3) is 4.31. The molecule has 1 aliphatic heterocycles. The van der Waals surface area contributed by atoms with Gasteiger partial charge in [0.05, 0.1) is 4.90 Å². The molecular weight excluding hydrogens is 330 g/mol. The van der Waals surface area contributed by atoms with E-state index in [1.54, 1.807) is 16.4 Å². The molecule has 1 unspecified atom stereocenters. The van der Waals surface area contributed by atoms with Crippen LogP contribution in [-0.4, -0.2) is 25.8 Å². The largest absolute Gasteiger partial charge is 0.243 e. The summed E-state index contributed by atoms with van der Waals surface area (Å²) in [6, 6.07) is 17.7. The van der Waals surface area contributed by atoms with Gasteiger partial charge in [0.15, 0.2) is 0 Å². The van der Waals surface area contributed by atoms with Gasteiger partial charge in [0.1, 0.15) is 0 Å². The van der Waals surface area contributed by atoms with Crippen molar-refractivity contribution in [2.45, 2.75) is 49.8 Å². The standard InChI is InChI=1S/C21H27NO2S/c1-2-8-18-12-14-21(15-13-18)25(23,24)22-16-7-6-11-20(17-22)19-9-4-3-5-10-19/h3-5,9-10,12-15,20H,2,6-8,11,16-17H2,1H3. The average molecular weight is 358 g/mol. The van der Waals surface area contributed by atoms with Gasteiger partial charge in [0.25, 0.3) is 0 Å². The van der Waals surface area contributed by atoms with Crippen LogP contribution in [0.5, 0.6) is 0 Å². The van der Waals surface area contributed by atoms with Crippen LogP contribution in [0.15, 0.2) is 59.5 Å². The maximum absolute atomic E-state index is 13.1. The lowest BCUT2D eigenvalue weighted by Gasteiger charge is -2.24. The maximum Gasteiger partial charge on any atom is 0.243 e. The Bertz CT molecular complexity index is 769. The van der Waals surface area contributed by atoms with E-state index in [1.807, 2.05) is 30.3 Å². The van der Waals surface area contributed by atoms with Crippen molar-refractivity contribution < 1.29 is 8.42 Å². The number of rotatable bonds is 5. The normalized spacial score (nSPS) is 19.5. The van der Waals surface area contributed by atoms with E-state index >= 15 is 0 Å². The zero-order chi connectivity index (χ0) is 17.7. The Labute approximate surface area is 151 Å². The van der Waals surface area contributed by atoms with E-state index in [2.05, 4.69) is 19.1 Å². The van der Waals surface area contributed by atoms with Crippen molar-refractivity contribution in [3.63, 3.8) is 0 Å². The van der Waals surface area contributed by atoms with Crippen molar-refractivity contribution in [1.82, 2.24) is 4.31 Å². The summed E-state index contributed by atoms with van der Waals surface area (Å²) in [5.41, 5.74) is 2.43. The molecule has 1 fully saturated rings. The van der Waals surface area contributed by atoms with Gasteiger partial charge in [0, 0.05) is 13.1 Å². The predicted octanol–water partition coefficient (Wildman–Crippen LogP) is 4.60. The summed E-state index contributed by atoms with van der Waals surface area (Å²) in [6.45, 7) is 3.32. The SMILES string of the molecule is CCCc1ccc(S(=O)(=O)N2CCCCC(c3ccccc3)C2)cc1. The summed E-state index contributed by atoms with van der Waals surface area (Å²) in [6.07, 6.45) is 5.10. The Balaban J connectivity index is 1.82. The molecule has 0 amide bonds. The second kappa shape index (κ2) is 8.15. The van der Waals surface area contributed by atoms with Crippen LogP contribution in [-0.2, 0) is 16.4 Å². The molecule has 2 aromatic carbocycles. The summed E-state index contributed by atoms with van der Waals surface area (Å²) in [7, 11) is -3.42.